The van der Waals surface area contributed by atoms with Crippen LogP contribution in [0.1, 0.15) is 29.5 Å². The van der Waals surface area contributed by atoms with E-state index < -0.39 is 15.6 Å². The third kappa shape index (κ3) is 7.86. The van der Waals surface area contributed by atoms with Crippen LogP contribution in [0.4, 0.5) is 13.2 Å². The molecule has 1 aliphatic heterocycles. The van der Waals surface area contributed by atoms with Crippen molar-refractivity contribution in [1.29, 1.82) is 0 Å². The third-order valence-electron chi connectivity index (χ3n) is 5.33. The Morgan fingerprint density at radius 1 is 1.09 bits per heavy atom. The normalized spacial score (nSPS) is 14.7. The van der Waals surface area contributed by atoms with Crippen molar-refractivity contribution in [2.24, 2.45) is 0 Å². The Hall–Kier alpha value is -2.27. The highest BCUT2D eigenvalue weighted by molar-refractivity contribution is 7.88. The van der Waals surface area contributed by atoms with Gasteiger partial charge in [0.15, 0.2) is 0 Å². The van der Waals surface area contributed by atoms with E-state index in [2.05, 4.69) is 14.4 Å². The molecule has 0 unspecified atom stereocenters. The van der Waals surface area contributed by atoms with Gasteiger partial charge >= 0.3 is 15.6 Å². The first-order chi connectivity index (χ1) is 16.4. The highest BCUT2D eigenvalue weighted by Gasteiger charge is 2.48. The Balaban J connectivity index is 1.41. The van der Waals surface area contributed by atoms with Gasteiger partial charge in [0.05, 0.1) is 10.0 Å². The van der Waals surface area contributed by atoms with E-state index in [1.165, 1.54) is 18.2 Å². The lowest BCUT2D eigenvalue weighted by atomic mass is 9.99. The molecule has 1 aliphatic rings. The lowest BCUT2D eigenvalue weighted by Crippen LogP contribution is -2.32. The SMILES string of the molecule is O=C(C=Cc1ccc(Cl)c(Cl)c1)NCCCCN1CCc2ccc(OS(=O)(=O)C(F)(F)F)cc2C1. The number of carbonyl (C=O) groups excluding carboxylic acids is 1. The van der Waals surface area contributed by atoms with Gasteiger partial charge in [-0.05, 0) is 72.8 Å². The highest BCUT2D eigenvalue weighted by Crippen LogP contribution is 2.30. The molecule has 2 aromatic rings. The quantitative estimate of drug-likeness (QED) is 0.201. The van der Waals surface area contributed by atoms with Gasteiger partial charge in [0, 0.05) is 25.7 Å². The van der Waals surface area contributed by atoms with Crippen LogP contribution >= 0.6 is 23.2 Å². The third-order valence-corrected chi connectivity index (χ3v) is 7.05. The van der Waals surface area contributed by atoms with Gasteiger partial charge in [0.25, 0.3) is 0 Å². The number of halogens is 5. The highest BCUT2D eigenvalue weighted by atomic mass is 35.5. The second-order valence-electron chi connectivity index (χ2n) is 7.94. The van der Waals surface area contributed by atoms with Crippen LogP contribution in [0.2, 0.25) is 10.0 Å². The molecule has 1 N–H and O–H groups in total. The number of benzene rings is 2. The number of nitrogens with zero attached hydrogens (tertiary/aromatic N) is 1. The zero-order valence-corrected chi connectivity index (χ0v) is 20.8. The van der Waals surface area contributed by atoms with Gasteiger partial charge in [-0.15, -0.1) is 0 Å². The molecule has 6 nitrogen and oxygen atoms in total. The van der Waals surface area contributed by atoms with Gasteiger partial charge in [-0.2, -0.15) is 21.6 Å². The van der Waals surface area contributed by atoms with E-state index in [-0.39, 0.29) is 11.7 Å². The van der Waals surface area contributed by atoms with Crippen molar-refractivity contribution in [3.63, 3.8) is 0 Å². The predicted octanol–water partition coefficient (Wildman–Crippen LogP) is 5.19. The number of nitrogens with one attached hydrogen (secondary N) is 1. The van der Waals surface area contributed by atoms with Crippen LogP contribution in [0.3, 0.4) is 0 Å². The molecule has 3 rings (SSSR count). The van der Waals surface area contributed by atoms with Crippen molar-refractivity contribution in [2.45, 2.75) is 31.3 Å². The average molecular weight is 551 g/mol. The number of fused-ring (bicyclic) bond motifs is 1. The number of alkyl halides is 3. The maximum absolute atomic E-state index is 12.6. The fourth-order valence-corrected chi connectivity index (χ4v) is 4.29. The van der Waals surface area contributed by atoms with E-state index >= 15 is 0 Å². The molecular weight excluding hydrogens is 528 g/mol. The van der Waals surface area contributed by atoms with Crippen LogP contribution < -0.4 is 9.50 Å². The monoisotopic (exact) mass is 550 g/mol. The van der Waals surface area contributed by atoms with Gasteiger partial charge in [0.1, 0.15) is 5.75 Å². The van der Waals surface area contributed by atoms with Gasteiger partial charge in [0.2, 0.25) is 5.91 Å². The summed E-state index contributed by atoms with van der Waals surface area (Å²) in [6, 6.07) is 9.23. The minimum absolute atomic E-state index is 0.232. The molecule has 0 aliphatic carbocycles. The molecule has 0 atom stereocenters. The maximum Gasteiger partial charge on any atom is 0.534 e. The smallest absolute Gasteiger partial charge is 0.376 e. The molecule has 0 saturated heterocycles. The first-order valence-corrected chi connectivity index (χ1v) is 12.9. The molecular formula is C23H23Cl2F3N2O4S. The molecule has 0 spiro atoms. The molecule has 1 amide bonds. The van der Waals surface area contributed by atoms with Crippen molar-refractivity contribution < 1.29 is 30.6 Å². The Labute approximate surface area is 211 Å². The standard InChI is InChI=1S/C23H23Cl2F3N2O4S/c24-20-7-3-16(13-21(20)25)4-8-22(31)29-10-1-2-11-30-12-9-17-5-6-19(14-18(17)15-30)34-35(32,33)23(26,27)28/h3-8,13-14H,1-2,9-12,15H2,(H,29,31). The molecule has 0 saturated carbocycles. The average Bonchev–Trinajstić information content (AvgIpc) is 2.78. The van der Waals surface area contributed by atoms with Gasteiger partial charge in [-0.3, -0.25) is 9.69 Å². The van der Waals surface area contributed by atoms with Gasteiger partial charge in [-0.1, -0.05) is 35.3 Å². The Kier molecular flexibility index (Phi) is 9.09. The first kappa shape index (κ1) is 27.3. The van der Waals surface area contributed by atoms with E-state index in [9.17, 15) is 26.4 Å². The second kappa shape index (κ2) is 11.6. The topological polar surface area (TPSA) is 75.7 Å². The molecule has 0 bridgehead atoms. The summed E-state index contributed by atoms with van der Waals surface area (Å²) in [5.74, 6) is -0.594. The Bertz CT molecular complexity index is 1200. The van der Waals surface area contributed by atoms with Crippen molar-refractivity contribution >= 4 is 45.3 Å². The molecule has 0 aromatic heterocycles. The van der Waals surface area contributed by atoms with E-state index in [0.717, 1.165) is 42.6 Å². The zero-order chi connectivity index (χ0) is 25.6. The van der Waals surface area contributed by atoms with E-state index in [1.807, 2.05) is 0 Å². The van der Waals surface area contributed by atoms with Crippen molar-refractivity contribution in [3.8, 4) is 5.75 Å². The number of hydrogen-bond acceptors (Lipinski definition) is 5. The number of unbranched alkanes of at least 4 members (excludes halogenated alkanes) is 1. The molecule has 0 radical (unpaired) electrons. The van der Waals surface area contributed by atoms with Crippen molar-refractivity contribution in [1.82, 2.24) is 10.2 Å². The molecule has 190 valence electrons. The van der Waals surface area contributed by atoms with Crippen LogP contribution in [-0.4, -0.2) is 44.4 Å². The van der Waals surface area contributed by atoms with E-state index in [0.29, 0.717) is 29.6 Å². The van der Waals surface area contributed by atoms with E-state index in [1.54, 1.807) is 30.3 Å². The summed E-state index contributed by atoms with van der Waals surface area (Å²) in [6.45, 7) is 2.45. The summed E-state index contributed by atoms with van der Waals surface area (Å²) >= 11 is 11.8. The number of amides is 1. The number of carbonyl (C=O) groups is 1. The summed E-state index contributed by atoms with van der Waals surface area (Å²) in [5, 5.41) is 3.65. The molecule has 1 heterocycles. The van der Waals surface area contributed by atoms with Crippen LogP contribution in [0.5, 0.6) is 5.75 Å². The van der Waals surface area contributed by atoms with Gasteiger partial charge in [-0.25, -0.2) is 0 Å². The number of hydrogen-bond donors (Lipinski definition) is 1. The van der Waals surface area contributed by atoms with Crippen LogP contribution in [0.25, 0.3) is 6.08 Å². The molecule has 12 heteroatoms. The minimum atomic E-state index is -5.71. The lowest BCUT2D eigenvalue weighted by molar-refractivity contribution is -0.116. The largest absolute Gasteiger partial charge is 0.534 e. The fraction of sp³-hybridized carbons (Fsp3) is 0.348. The molecule has 35 heavy (non-hydrogen) atoms. The maximum atomic E-state index is 12.6. The lowest BCUT2D eigenvalue weighted by Gasteiger charge is -2.29. The Morgan fingerprint density at radius 3 is 2.57 bits per heavy atom. The molecule has 2 aromatic carbocycles. The number of rotatable bonds is 9. The van der Waals surface area contributed by atoms with Gasteiger partial charge < -0.3 is 9.50 Å². The van der Waals surface area contributed by atoms with Crippen LogP contribution in [-0.2, 0) is 27.9 Å². The van der Waals surface area contributed by atoms with Crippen molar-refractivity contribution in [2.75, 3.05) is 19.6 Å². The summed E-state index contributed by atoms with van der Waals surface area (Å²) in [5.41, 5.74) is -3.06. The predicted molar refractivity (Wildman–Crippen MR) is 129 cm³/mol. The summed E-state index contributed by atoms with van der Waals surface area (Å²) < 4.78 is 64.4. The molecule has 0 fully saturated rings. The second-order valence-corrected chi connectivity index (χ2v) is 10.3. The van der Waals surface area contributed by atoms with Crippen LogP contribution in [0.15, 0.2) is 42.5 Å². The summed E-state index contributed by atoms with van der Waals surface area (Å²) in [7, 11) is -5.71. The first-order valence-electron chi connectivity index (χ1n) is 10.7. The zero-order valence-electron chi connectivity index (χ0n) is 18.4. The summed E-state index contributed by atoms with van der Waals surface area (Å²) in [4.78, 5) is 14.1. The minimum Gasteiger partial charge on any atom is -0.376 e. The summed E-state index contributed by atoms with van der Waals surface area (Å²) in [6.07, 6.45) is 5.28. The van der Waals surface area contributed by atoms with Crippen molar-refractivity contribution in [3.05, 3.63) is 69.2 Å². The van der Waals surface area contributed by atoms with E-state index in [4.69, 9.17) is 23.2 Å². The Morgan fingerprint density at radius 2 is 1.86 bits per heavy atom. The van der Waals surface area contributed by atoms with Crippen LogP contribution in [0, 0.1) is 0 Å². The fourth-order valence-electron chi connectivity index (χ4n) is 3.53.